The molecule has 1 rings (SSSR count). The van der Waals surface area contributed by atoms with Crippen LogP contribution in [0.2, 0.25) is 0 Å². The Morgan fingerprint density at radius 1 is 1.58 bits per heavy atom. The molecular weight excluding hydrogens is 150 g/mol. The second-order valence-electron chi connectivity index (χ2n) is 3.77. The summed E-state index contributed by atoms with van der Waals surface area (Å²) in [7, 11) is 0. The van der Waals surface area contributed by atoms with Crippen LogP contribution in [0.1, 0.15) is 39.5 Å². The van der Waals surface area contributed by atoms with Gasteiger partial charge in [-0.2, -0.15) is 0 Å². The monoisotopic (exact) mass is 169 g/mol. The van der Waals surface area contributed by atoms with E-state index in [2.05, 4.69) is 12.2 Å². The molecule has 1 fully saturated rings. The van der Waals surface area contributed by atoms with E-state index in [1.165, 1.54) is 12.8 Å². The Hall–Kier alpha value is -0.530. The summed E-state index contributed by atoms with van der Waals surface area (Å²) in [5.41, 5.74) is 0. The van der Waals surface area contributed by atoms with Crippen LogP contribution in [-0.2, 0) is 4.79 Å². The highest BCUT2D eigenvalue weighted by atomic mass is 16.1. The summed E-state index contributed by atoms with van der Waals surface area (Å²) in [6.07, 6.45) is 4.76. The minimum atomic E-state index is 0.252. The Bertz CT molecular complexity index is 152. The maximum atomic E-state index is 11.4. The fourth-order valence-electron chi connectivity index (χ4n) is 1.36. The summed E-state index contributed by atoms with van der Waals surface area (Å²) in [5, 5.41) is 2.97. The maximum Gasteiger partial charge on any atom is 0.223 e. The Labute approximate surface area is 74.7 Å². The number of carbonyl (C=O) groups excluding carboxylic acids is 1. The predicted octanol–water partition coefficient (Wildman–Crippen LogP) is 1.95. The Kier molecular flexibility index (Phi) is 3.57. The normalized spacial score (nSPS) is 18.8. The molecule has 0 aromatic rings. The van der Waals surface area contributed by atoms with Gasteiger partial charge in [0.05, 0.1) is 0 Å². The van der Waals surface area contributed by atoms with Crippen LogP contribution >= 0.6 is 0 Å². The number of rotatable bonds is 5. The highest BCUT2D eigenvalue weighted by Crippen LogP contribution is 2.36. The van der Waals surface area contributed by atoms with Crippen molar-refractivity contribution in [3.05, 3.63) is 0 Å². The van der Waals surface area contributed by atoms with Crippen molar-refractivity contribution in [2.24, 2.45) is 11.8 Å². The molecular formula is C10H19NO. The zero-order valence-electron chi connectivity index (χ0n) is 8.10. The van der Waals surface area contributed by atoms with Crippen molar-refractivity contribution in [1.82, 2.24) is 5.32 Å². The zero-order valence-corrected chi connectivity index (χ0v) is 8.10. The molecule has 1 unspecified atom stereocenters. The zero-order chi connectivity index (χ0) is 8.97. The third kappa shape index (κ3) is 2.84. The van der Waals surface area contributed by atoms with Crippen LogP contribution in [0.25, 0.3) is 0 Å². The number of carbonyl (C=O) groups is 1. The molecule has 0 spiro atoms. The third-order valence-corrected chi connectivity index (χ3v) is 2.57. The lowest BCUT2D eigenvalue weighted by Gasteiger charge is -2.09. The van der Waals surface area contributed by atoms with E-state index in [1.807, 2.05) is 6.92 Å². The van der Waals surface area contributed by atoms with E-state index in [4.69, 9.17) is 0 Å². The molecule has 1 saturated carbocycles. The quantitative estimate of drug-likeness (QED) is 0.626. The Morgan fingerprint density at radius 2 is 2.25 bits per heavy atom. The molecule has 2 heteroatoms. The van der Waals surface area contributed by atoms with Crippen LogP contribution in [0.4, 0.5) is 0 Å². The van der Waals surface area contributed by atoms with Crippen LogP contribution in [0.5, 0.6) is 0 Å². The largest absolute Gasteiger partial charge is 0.356 e. The molecule has 12 heavy (non-hydrogen) atoms. The third-order valence-electron chi connectivity index (χ3n) is 2.57. The minimum Gasteiger partial charge on any atom is -0.356 e. The molecule has 0 radical (unpaired) electrons. The van der Waals surface area contributed by atoms with Gasteiger partial charge in [0, 0.05) is 12.5 Å². The molecule has 1 aliphatic rings. The lowest BCUT2D eigenvalue weighted by Crippen LogP contribution is -2.30. The van der Waals surface area contributed by atoms with Gasteiger partial charge in [-0.25, -0.2) is 0 Å². The average molecular weight is 169 g/mol. The minimum absolute atomic E-state index is 0.252. The summed E-state index contributed by atoms with van der Waals surface area (Å²) in [5.74, 6) is 1.19. The van der Waals surface area contributed by atoms with Gasteiger partial charge in [-0.3, -0.25) is 4.79 Å². The van der Waals surface area contributed by atoms with Gasteiger partial charge in [0.15, 0.2) is 0 Å². The predicted molar refractivity (Wildman–Crippen MR) is 49.8 cm³/mol. The van der Waals surface area contributed by atoms with Crippen molar-refractivity contribution in [3.63, 3.8) is 0 Å². The molecule has 0 aromatic carbocycles. The molecule has 1 atom stereocenters. The van der Waals surface area contributed by atoms with Crippen LogP contribution in [0, 0.1) is 11.8 Å². The first-order valence-corrected chi connectivity index (χ1v) is 5.03. The summed E-state index contributed by atoms with van der Waals surface area (Å²) in [6, 6.07) is 0. The van der Waals surface area contributed by atoms with Crippen molar-refractivity contribution < 1.29 is 4.79 Å². The van der Waals surface area contributed by atoms with Gasteiger partial charge in [0.2, 0.25) is 5.91 Å². The molecule has 1 N–H and O–H groups in total. The van der Waals surface area contributed by atoms with Gasteiger partial charge >= 0.3 is 0 Å². The van der Waals surface area contributed by atoms with Crippen LogP contribution < -0.4 is 5.32 Å². The fourth-order valence-corrected chi connectivity index (χ4v) is 1.36. The number of unbranched alkanes of at least 4 members (excludes halogenated alkanes) is 1. The van der Waals surface area contributed by atoms with E-state index in [0.29, 0.717) is 5.92 Å². The number of hydrogen-bond donors (Lipinski definition) is 1. The first-order chi connectivity index (χ1) is 5.75. The maximum absolute atomic E-state index is 11.4. The molecule has 0 aromatic heterocycles. The fraction of sp³-hybridized carbons (Fsp3) is 0.900. The summed E-state index contributed by atoms with van der Waals surface area (Å²) in [4.78, 5) is 11.4. The van der Waals surface area contributed by atoms with Crippen LogP contribution in [0.3, 0.4) is 0 Å². The first kappa shape index (κ1) is 9.56. The molecule has 1 aliphatic carbocycles. The van der Waals surface area contributed by atoms with Crippen molar-refractivity contribution >= 4 is 5.91 Å². The lowest BCUT2D eigenvalue weighted by molar-refractivity contribution is -0.125. The SMILES string of the molecule is CCCCNC(=O)C(C)C1CC1. The molecule has 2 nitrogen and oxygen atoms in total. The van der Waals surface area contributed by atoms with Crippen molar-refractivity contribution in [3.8, 4) is 0 Å². The van der Waals surface area contributed by atoms with Crippen molar-refractivity contribution in [2.75, 3.05) is 6.54 Å². The second-order valence-corrected chi connectivity index (χ2v) is 3.77. The molecule has 0 aliphatic heterocycles. The van der Waals surface area contributed by atoms with Gasteiger partial charge in [-0.1, -0.05) is 20.3 Å². The average Bonchev–Trinajstić information content (AvgIpc) is 2.86. The van der Waals surface area contributed by atoms with E-state index in [1.54, 1.807) is 0 Å². The topological polar surface area (TPSA) is 29.1 Å². The van der Waals surface area contributed by atoms with Gasteiger partial charge in [-0.05, 0) is 25.2 Å². The lowest BCUT2D eigenvalue weighted by atomic mass is 10.1. The van der Waals surface area contributed by atoms with Crippen molar-refractivity contribution in [1.29, 1.82) is 0 Å². The van der Waals surface area contributed by atoms with E-state index < -0.39 is 0 Å². The summed E-state index contributed by atoms with van der Waals surface area (Å²) >= 11 is 0. The highest BCUT2D eigenvalue weighted by Gasteiger charge is 2.32. The summed E-state index contributed by atoms with van der Waals surface area (Å²) < 4.78 is 0. The Balaban J connectivity index is 2.09. The molecule has 0 heterocycles. The number of nitrogens with one attached hydrogen (secondary N) is 1. The molecule has 0 bridgehead atoms. The van der Waals surface area contributed by atoms with E-state index in [-0.39, 0.29) is 11.8 Å². The molecule has 0 saturated heterocycles. The smallest absolute Gasteiger partial charge is 0.223 e. The van der Waals surface area contributed by atoms with E-state index in [0.717, 1.165) is 19.4 Å². The number of amides is 1. The standard InChI is InChI=1S/C10H19NO/c1-3-4-7-11-10(12)8(2)9-5-6-9/h8-9H,3-7H2,1-2H3,(H,11,12). The molecule has 70 valence electrons. The number of hydrogen-bond acceptors (Lipinski definition) is 1. The summed E-state index contributed by atoms with van der Waals surface area (Å²) in [6.45, 7) is 5.03. The van der Waals surface area contributed by atoms with Gasteiger partial charge < -0.3 is 5.32 Å². The first-order valence-electron chi connectivity index (χ1n) is 5.03. The van der Waals surface area contributed by atoms with E-state index >= 15 is 0 Å². The highest BCUT2D eigenvalue weighted by molar-refractivity contribution is 5.78. The van der Waals surface area contributed by atoms with Gasteiger partial charge in [-0.15, -0.1) is 0 Å². The molecule has 1 amide bonds. The van der Waals surface area contributed by atoms with Crippen LogP contribution in [0.15, 0.2) is 0 Å². The van der Waals surface area contributed by atoms with Crippen LogP contribution in [-0.4, -0.2) is 12.5 Å². The van der Waals surface area contributed by atoms with Crippen molar-refractivity contribution in [2.45, 2.75) is 39.5 Å². The second kappa shape index (κ2) is 4.48. The van der Waals surface area contributed by atoms with Gasteiger partial charge in [0.25, 0.3) is 0 Å². The van der Waals surface area contributed by atoms with E-state index in [9.17, 15) is 4.79 Å². The van der Waals surface area contributed by atoms with Gasteiger partial charge in [0.1, 0.15) is 0 Å². The Morgan fingerprint density at radius 3 is 2.75 bits per heavy atom.